The zero-order chi connectivity index (χ0) is 13.0. The van der Waals surface area contributed by atoms with Crippen LogP contribution in [-0.4, -0.2) is 18.6 Å². The molecular formula is C15H21NO2. The molecule has 98 valence electrons. The molecule has 3 heteroatoms. The summed E-state index contributed by atoms with van der Waals surface area (Å²) in [4.78, 5) is 12.1. The number of carbonyl (C=O) groups is 1. The van der Waals surface area contributed by atoms with Gasteiger partial charge in [0.25, 0.3) is 5.91 Å². The molecule has 1 fully saturated rings. The van der Waals surface area contributed by atoms with Crippen molar-refractivity contribution >= 4 is 11.6 Å². The molecule has 1 heterocycles. The predicted octanol–water partition coefficient (Wildman–Crippen LogP) is 3.32. The van der Waals surface area contributed by atoms with Crippen molar-refractivity contribution in [1.82, 2.24) is 0 Å². The molecule has 0 saturated carbocycles. The molecule has 0 aliphatic carbocycles. The van der Waals surface area contributed by atoms with Crippen molar-refractivity contribution in [1.29, 1.82) is 0 Å². The molecule has 0 aromatic heterocycles. The molecule has 1 aromatic rings. The monoisotopic (exact) mass is 247 g/mol. The Morgan fingerprint density at radius 3 is 2.78 bits per heavy atom. The average molecular weight is 247 g/mol. The molecule has 1 N–H and O–H groups in total. The van der Waals surface area contributed by atoms with Gasteiger partial charge in [-0.1, -0.05) is 32.0 Å². The molecule has 1 aromatic carbocycles. The zero-order valence-electron chi connectivity index (χ0n) is 11.1. The fourth-order valence-corrected chi connectivity index (χ4v) is 2.28. The van der Waals surface area contributed by atoms with Crippen molar-refractivity contribution in [3.8, 4) is 0 Å². The molecule has 18 heavy (non-hydrogen) atoms. The van der Waals surface area contributed by atoms with Gasteiger partial charge < -0.3 is 10.1 Å². The Morgan fingerprint density at radius 2 is 2.11 bits per heavy atom. The first-order valence-corrected chi connectivity index (χ1v) is 6.70. The van der Waals surface area contributed by atoms with Crippen LogP contribution in [0.3, 0.4) is 0 Å². The molecule has 0 radical (unpaired) electrons. The topological polar surface area (TPSA) is 38.3 Å². The molecule has 0 spiro atoms. The van der Waals surface area contributed by atoms with E-state index in [2.05, 4.69) is 25.2 Å². The van der Waals surface area contributed by atoms with Gasteiger partial charge in [0.05, 0.1) is 0 Å². The van der Waals surface area contributed by atoms with Gasteiger partial charge in [-0.2, -0.15) is 0 Å². The van der Waals surface area contributed by atoms with E-state index in [9.17, 15) is 4.79 Å². The van der Waals surface area contributed by atoms with E-state index in [1.165, 1.54) is 5.56 Å². The molecule has 1 aliphatic rings. The molecule has 1 aliphatic heterocycles. The Hall–Kier alpha value is -1.35. The van der Waals surface area contributed by atoms with Crippen LogP contribution in [0.15, 0.2) is 24.3 Å². The van der Waals surface area contributed by atoms with E-state index in [4.69, 9.17) is 4.74 Å². The van der Waals surface area contributed by atoms with E-state index >= 15 is 0 Å². The maximum absolute atomic E-state index is 12.1. The van der Waals surface area contributed by atoms with Gasteiger partial charge in [0.1, 0.15) is 6.10 Å². The Labute approximate surface area is 109 Å². The largest absolute Gasteiger partial charge is 0.368 e. The Bertz CT molecular complexity index is 409. The van der Waals surface area contributed by atoms with Crippen LogP contribution >= 0.6 is 0 Å². The number of rotatable bonds is 3. The number of amides is 1. The van der Waals surface area contributed by atoms with Crippen molar-refractivity contribution < 1.29 is 9.53 Å². The second-order valence-electron chi connectivity index (χ2n) is 5.09. The third-order valence-corrected chi connectivity index (χ3v) is 3.31. The van der Waals surface area contributed by atoms with Gasteiger partial charge in [0.2, 0.25) is 0 Å². The average Bonchev–Trinajstić information content (AvgIpc) is 2.40. The third-order valence-electron chi connectivity index (χ3n) is 3.31. The van der Waals surface area contributed by atoms with Gasteiger partial charge in [-0.25, -0.2) is 0 Å². The quantitative estimate of drug-likeness (QED) is 0.889. The molecule has 1 saturated heterocycles. The number of nitrogens with one attached hydrogen (secondary N) is 1. The van der Waals surface area contributed by atoms with Crippen LogP contribution in [-0.2, 0) is 9.53 Å². The summed E-state index contributed by atoms with van der Waals surface area (Å²) in [5.41, 5.74) is 2.08. The molecule has 2 rings (SSSR count). The van der Waals surface area contributed by atoms with Crippen LogP contribution in [0.4, 0.5) is 5.69 Å². The first-order chi connectivity index (χ1) is 8.68. The van der Waals surface area contributed by atoms with Crippen LogP contribution in [0.5, 0.6) is 0 Å². The molecule has 0 bridgehead atoms. The third kappa shape index (κ3) is 3.10. The SMILES string of the molecule is CC(C)c1ccccc1NC(=O)C1CCCCO1. The van der Waals surface area contributed by atoms with E-state index in [1.807, 2.05) is 18.2 Å². The Balaban J connectivity index is 2.06. The molecule has 1 unspecified atom stereocenters. The second-order valence-corrected chi connectivity index (χ2v) is 5.09. The number of ether oxygens (including phenoxy) is 1. The normalized spacial score (nSPS) is 19.8. The van der Waals surface area contributed by atoms with E-state index in [0.29, 0.717) is 12.5 Å². The lowest BCUT2D eigenvalue weighted by atomic mass is 10.0. The molecule has 1 amide bonds. The number of anilines is 1. The molecule has 1 atom stereocenters. The first-order valence-electron chi connectivity index (χ1n) is 6.70. The highest BCUT2D eigenvalue weighted by Crippen LogP contribution is 2.24. The summed E-state index contributed by atoms with van der Waals surface area (Å²) in [6, 6.07) is 7.96. The minimum atomic E-state index is -0.279. The lowest BCUT2D eigenvalue weighted by Crippen LogP contribution is -2.33. The number of hydrogen-bond donors (Lipinski definition) is 1. The van der Waals surface area contributed by atoms with E-state index < -0.39 is 0 Å². The highest BCUT2D eigenvalue weighted by atomic mass is 16.5. The lowest BCUT2D eigenvalue weighted by Gasteiger charge is -2.22. The van der Waals surface area contributed by atoms with Crippen LogP contribution < -0.4 is 5.32 Å². The minimum Gasteiger partial charge on any atom is -0.368 e. The molecule has 3 nitrogen and oxygen atoms in total. The van der Waals surface area contributed by atoms with Gasteiger partial charge in [-0.3, -0.25) is 4.79 Å². The Morgan fingerprint density at radius 1 is 1.33 bits per heavy atom. The van der Waals surface area contributed by atoms with Gasteiger partial charge in [0.15, 0.2) is 0 Å². The summed E-state index contributed by atoms with van der Waals surface area (Å²) in [5.74, 6) is 0.386. The van der Waals surface area contributed by atoms with Gasteiger partial charge in [-0.15, -0.1) is 0 Å². The summed E-state index contributed by atoms with van der Waals surface area (Å²) in [5, 5.41) is 3.00. The van der Waals surface area contributed by atoms with Crippen LogP contribution in [0.1, 0.15) is 44.6 Å². The number of carbonyl (C=O) groups excluding carboxylic acids is 1. The second kappa shape index (κ2) is 6.01. The van der Waals surface area contributed by atoms with E-state index in [1.54, 1.807) is 0 Å². The standard InChI is InChI=1S/C15H21NO2/c1-11(2)12-7-3-4-8-13(12)16-15(17)14-9-5-6-10-18-14/h3-4,7-8,11,14H,5-6,9-10H2,1-2H3,(H,16,17). The van der Waals surface area contributed by atoms with Crippen molar-refractivity contribution in [3.05, 3.63) is 29.8 Å². The smallest absolute Gasteiger partial charge is 0.253 e. The van der Waals surface area contributed by atoms with Crippen LogP contribution in [0.25, 0.3) is 0 Å². The maximum atomic E-state index is 12.1. The Kier molecular flexibility index (Phi) is 4.37. The van der Waals surface area contributed by atoms with Gasteiger partial charge in [0, 0.05) is 12.3 Å². The summed E-state index contributed by atoms with van der Waals surface area (Å²) in [6.45, 7) is 4.95. The van der Waals surface area contributed by atoms with Crippen molar-refractivity contribution in [2.45, 2.75) is 45.1 Å². The van der Waals surface area contributed by atoms with Gasteiger partial charge >= 0.3 is 0 Å². The summed E-state index contributed by atoms with van der Waals surface area (Å²) in [7, 11) is 0. The van der Waals surface area contributed by atoms with Crippen LogP contribution in [0.2, 0.25) is 0 Å². The van der Waals surface area contributed by atoms with E-state index in [-0.39, 0.29) is 12.0 Å². The number of hydrogen-bond acceptors (Lipinski definition) is 2. The van der Waals surface area contributed by atoms with Crippen LogP contribution in [0, 0.1) is 0 Å². The number of para-hydroxylation sites is 1. The lowest BCUT2D eigenvalue weighted by molar-refractivity contribution is -0.129. The number of benzene rings is 1. The summed E-state index contributed by atoms with van der Waals surface area (Å²) in [6.07, 6.45) is 2.69. The fraction of sp³-hybridized carbons (Fsp3) is 0.533. The zero-order valence-corrected chi connectivity index (χ0v) is 11.1. The summed E-state index contributed by atoms with van der Waals surface area (Å²) >= 11 is 0. The maximum Gasteiger partial charge on any atom is 0.253 e. The minimum absolute atomic E-state index is 0.0113. The molecular weight excluding hydrogens is 226 g/mol. The van der Waals surface area contributed by atoms with Crippen molar-refractivity contribution in [2.24, 2.45) is 0 Å². The summed E-state index contributed by atoms with van der Waals surface area (Å²) < 4.78 is 5.50. The highest BCUT2D eigenvalue weighted by molar-refractivity contribution is 5.94. The highest BCUT2D eigenvalue weighted by Gasteiger charge is 2.22. The first kappa shape index (κ1) is 13.1. The van der Waals surface area contributed by atoms with Crippen molar-refractivity contribution in [2.75, 3.05) is 11.9 Å². The fourth-order valence-electron chi connectivity index (χ4n) is 2.28. The van der Waals surface area contributed by atoms with Crippen molar-refractivity contribution in [3.63, 3.8) is 0 Å². The van der Waals surface area contributed by atoms with Gasteiger partial charge in [-0.05, 0) is 36.8 Å². The predicted molar refractivity (Wildman–Crippen MR) is 72.8 cm³/mol. The van der Waals surface area contributed by atoms with E-state index in [0.717, 1.165) is 24.9 Å².